The highest BCUT2D eigenvalue weighted by atomic mass is 32.2. The van der Waals surface area contributed by atoms with Crippen LogP contribution in [0.3, 0.4) is 0 Å². The van der Waals surface area contributed by atoms with Gasteiger partial charge in [-0.1, -0.05) is 18.2 Å². The lowest BCUT2D eigenvalue weighted by Crippen LogP contribution is -2.47. The normalized spacial score (nSPS) is 19.8. The summed E-state index contributed by atoms with van der Waals surface area (Å²) in [5.74, 6) is 2.32. The van der Waals surface area contributed by atoms with E-state index in [2.05, 4.69) is 16.4 Å². The highest BCUT2D eigenvalue weighted by Crippen LogP contribution is 2.27. The Balaban J connectivity index is 1.67. The maximum Gasteiger partial charge on any atom is 0.254 e. The molecule has 0 spiro atoms. The van der Waals surface area contributed by atoms with Crippen molar-refractivity contribution in [1.29, 1.82) is 5.26 Å². The Bertz CT molecular complexity index is 720. The van der Waals surface area contributed by atoms with Gasteiger partial charge in [-0.2, -0.15) is 17.0 Å². The van der Waals surface area contributed by atoms with Gasteiger partial charge in [-0.05, 0) is 30.4 Å². The minimum atomic E-state index is -0.763. The molecule has 1 saturated heterocycles. The number of carbonyl (C=O) groups excluding carboxylic acids is 1. The fraction of sp³-hybridized carbons (Fsp3) is 0.235. The molecule has 1 aromatic carbocycles. The maximum absolute atomic E-state index is 12.3. The minimum Gasteiger partial charge on any atom is -0.439 e. The molecule has 0 bridgehead atoms. The van der Waals surface area contributed by atoms with Gasteiger partial charge in [0.15, 0.2) is 0 Å². The van der Waals surface area contributed by atoms with Crippen molar-refractivity contribution in [2.75, 3.05) is 11.5 Å². The number of benzene rings is 1. The van der Waals surface area contributed by atoms with E-state index < -0.39 is 5.54 Å². The number of carbonyl (C=O) groups is 1. The number of nitrogens with zero attached hydrogens (tertiary/aromatic N) is 2. The molecule has 2 heterocycles. The molecule has 0 saturated carbocycles. The molecule has 0 aliphatic carbocycles. The van der Waals surface area contributed by atoms with E-state index >= 15 is 0 Å². The zero-order valence-electron chi connectivity index (χ0n) is 12.4. The fourth-order valence-corrected chi connectivity index (χ4v) is 3.52. The highest BCUT2D eigenvalue weighted by Gasteiger charge is 2.36. The van der Waals surface area contributed by atoms with Crippen LogP contribution in [0.25, 0.3) is 0 Å². The lowest BCUT2D eigenvalue weighted by atomic mass is 10.0. The maximum atomic E-state index is 12.3. The Morgan fingerprint density at radius 3 is 2.74 bits per heavy atom. The summed E-state index contributed by atoms with van der Waals surface area (Å²) in [5, 5.41) is 12.1. The highest BCUT2D eigenvalue weighted by molar-refractivity contribution is 7.99. The number of hydrogen-bond donors (Lipinski definition) is 1. The molecular weight excluding hydrogens is 310 g/mol. The van der Waals surface area contributed by atoms with Gasteiger partial charge in [0.25, 0.3) is 5.91 Å². The number of amides is 1. The van der Waals surface area contributed by atoms with Crippen molar-refractivity contribution in [3.8, 4) is 17.7 Å². The first kappa shape index (κ1) is 15.4. The molecule has 1 aromatic heterocycles. The van der Waals surface area contributed by atoms with E-state index in [-0.39, 0.29) is 5.91 Å². The minimum absolute atomic E-state index is 0.284. The van der Waals surface area contributed by atoms with E-state index in [0.717, 1.165) is 5.75 Å². The number of nitriles is 1. The summed E-state index contributed by atoms with van der Waals surface area (Å²) >= 11 is 1.67. The van der Waals surface area contributed by atoms with Crippen LogP contribution in [0.4, 0.5) is 0 Å². The number of nitrogens with one attached hydrogen (secondary N) is 1. The zero-order valence-corrected chi connectivity index (χ0v) is 13.2. The summed E-state index contributed by atoms with van der Waals surface area (Å²) in [4.78, 5) is 16.4. The van der Waals surface area contributed by atoms with Crippen molar-refractivity contribution in [2.45, 2.75) is 12.0 Å². The number of hydrogen-bond acceptors (Lipinski definition) is 5. The van der Waals surface area contributed by atoms with Crippen LogP contribution in [-0.4, -0.2) is 27.9 Å². The van der Waals surface area contributed by atoms with Gasteiger partial charge in [-0.15, -0.1) is 0 Å². The van der Waals surface area contributed by atoms with Crippen LogP contribution in [0.1, 0.15) is 16.8 Å². The summed E-state index contributed by atoms with van der Waals surface area (Å²) in [6.45, 7) is 0. The topological polar surface area (TPSA) is 75.0 Å². The summed E-state index contributed by atoms with van der Waals surface area (Å²) in [5.41, 5.74) is -0.349. The van der Waals surface area contributed by atoms with Crippen molar-refractivity contribution in [3.05, 3.63) is 54.2 Å². The van der Waals surface area contributed by atoms with Crippen LogP contribution in [0, 0.1) is 11.3 Å². The third kappa shape index (κ3) is 3.63. The van der Waals surface area contributed by atoms with Gasteiger partial charge in [-0.25, -0.2) is 4.98 Å². The van der Waals surface area contributed by atoms with E-state index in [4.69, 9.17) is 4.74 Å². The largest absolute Gasteiger partial charge is 0.439 e. The molecule has 2 aromatic rings. The molecule has 116 valence electrons. The monoisotopic (exact) mass is 325 g/mol. The zero-order chi connectivity index (χ0) is 16.1. The molecule has 1 atom stereocenters. The first-order chi connectivity index (χ1) is 11.2. The molecule has 1 amide bonds. The molecule has 5 nitrogen and oxygen atoms in total. The van der Waals surface area contributed by atoms with Crippen LogP contribution in [0.5, 0.6) is 11.6 Å². The van der Waals surface area contributed by atoms with Gasteiger partial charge < -0.3 is 10.1 Å². The Labute approximate surface area is 138 Å². The first-order valence-corrected chi connectivity index (χ1v) is 8.37. The van der Waals surface area contributed by atoms with E-state index in [1.165, 1.54) is 6.20 Å². The molecular formula is C17H15N3O2S. The number of rotatable bonds is 4. The van der Waals surface area contributed by atoms with Crippen LogP contribution < -0.4 is 10.1 Å². The third-order valence-electron chi connectivity index (χ3n) is 3.55. The summed E-state index contributed by atoms with van der Waals surface area (Å²) in [6.07, 6.45) is 2.13. The summed E-state index contributed by atoms with van der Waals surface area (Å²) in [7, 11) is 0. The Morgan fingerprint density at radius 1 is 1.30 bits per heavy atom. The van der Waals surface area contributed by atoms with Gasteiger partial charge in [0, 0.05) is 18.0 Å². The Kier molecular flexibility index (Phi) is 4.49. The smallest absolute Gasteiger partial charge is 0.254 e. The van der Waals surface area contributed by atoms with Crippen molar-refractivity contribution >= 4 is 17.7 Å². The number of para-hydroxylation sites is 1. The Hall–Kier alpha value is -2.52. The standard InChI is InChI=1S/C17H15N3O2S/c18-11-17(8-9-23-12-17)20-16(21)13-6-7-15(19-10-13)22-14-4-2-1-3-5-14/h1-7,10H,8-9,12H2,(H,20,21). The van der Waals surface area contributed by atoms with Gasteiger partial charge in [0.2, 0.25) is 5.88 Å². The van der Waals surface area contributed by atoms with E-state index in [1.807, 2.05) is 30.3 Å². The van der Waals surface area contributed by atoms with Crippen LogP contribution in [0.15, 0.2) is 48.7 Å². The molecule has 1 aliphatic heterocycles. The fourth-order valence-electron chi connectivity index (χ4n) is 2.25. The molecule has 6 heteroatoms. The van der Waals surface area contributed by atoms with Crippen molar-refractivity contribution in [3.63, 3.8) is 0 Å². The van der Waals surface area contributed by atoms with Gasteiger partial charge in [-0.3, -0.25) is 4.79 Å². The van der Waals surface area contributed by atoms with Gasteiger partial charge in [0.1, 0.15) is 11.3 Å². The van der Waals surface area contributed by atoms with Crippen LogP contribution >= 0.6 is 11.8 Å². The quantitative estimate of drug-likeness (QED) is 0.935. The van der Waals surface area contributed by atoms with Gasteiger partial charge >= 0.3 is 0 Å². The SMILES string of the molecule is N#CC1(NC(=O)c2ccc(Oc3ccccc3)nc2)CCSC1. The predicted octanol–water partition coefficient (Wildman–Crippen LogP) is 3.00. The van der Waals surface area contributed by atoms with Crippen molar-refractivity contribution in [1.82, 2.24) is 10.3 Å². The van der Waals surface area contributed by atoms with Crippen LogP contribution in [-0.2, 0) is 0 Å². The summed E-state index contributed by atoms with van der Waals surface area (Å²) in [6, 6.07) is 14.8. The molecule has 1 N–H and O–H groups in total. The molecule has 0 radical (unpaired) electrons. The number of ether oxygens (including phenoxy) is 1. The number of aromatic nitrogens is 1. The Morgan fingerprint density at radius 2 is 2.13 bits per heavy atom. The van der Waals surface area contributed by atoms with Crippen molar-refractivity contribution < 1.29 is 9.53 Å². The molecule has 1 aliphatic rings. The van der Waals surface area contributed by atoms with Gasteiger partial charge in [0.05, 0.1) is 11.6 Å². The second-order valence-electron chi connectivity index (χ2n) is 5.25. The van der Waals surface area contributed by atoms with Crippen molar-refractivity contribution in [2.24, 2.45) is 0 Å². The molecule has 3 rings (SSSR count). The average Bonchev–Trinajstić information content (AvgIpc) is 3.05. The number of thioether (sulfide) groups is 1. The summed E-state index contributed by atoms with van der Waals surface area (Å²) < 4.78 is 5.59. The molecule has 1 unspecified atom stereocenters. The average molecular weight is 325 g/mol. The number of pyridine rings is 1. The first-order valence-electron chi connectivity index (χ1n) is 7.21. The van der Waals surface area contributed by atoms with E-state index in [9.17, 15) is 10.1 Å². The second kappa shape index (κ2) is 6.71. The van der Waals surface area contributed by atoms with E-state index in [0.29, 0.717) is 29.4 Å². The second-order valence-corrected chi connectivity index (χ2v) is 6.36. The third-order valence-corrected chi connectivity index (χ3v) is 4.74. The lowest BCUT2D eigenvalue weighted by Gasteiger charge is -2.21. The molecule has 1 fully saturated rings. The molecule has 23 heavy (non-hydrogen) atoms. The lowest BCUT2D eigenvalue weighted by molar-refractivity contribution is 0.0925. The van der Waals surface area contributed by atoms with E-state index in [1.54, 1.807) is 23.9 Å². The predicted molar refractivity (Wildman–Crippen MR) is 88.5 cm³/mol. The van der Waals surface area contributed by atoms with Crippen LogP contribution in [0.2, 0.25) is 0 Å².